The molecule has 2 aromatic heterocycles. The number of rotatable bonds is 5. The van der Waals surface area contributed by atoms with E-state index in [2.05, 4.69) is 22.2 Å². The normalized spacial score (nSPS) is 18.2. The standard InChI is InChI=1S/C31H32Cl2FN5O4/c1-31(2,3)43-30(42)37-10-8-18(9-11-37)17-4-6-19(7-5-17)21-13-23(32)22-15-39(36-26(22)25(21)33)28(29(40)41)27-24-12-20(34)14-38(24)16-35-27/h4-7,13,15-16,18,20,28H,8-12,14H2,1-3H3,(H,40,41). The van der Waals surface area contributed by atoms with E-state index in [0.29, 0.717) is 51.2 Å². The van der Waals surface area contributed by atoms with E-state index in [1.807, 2.05) is 32.9 Å². The van der Waals surface area contributed by atoms with Crippen molar-refractivity contribution in [3.63, 3.8) is 0 Å². The number of hydrogen-bond donors (Lipinski definition) is 1. The molecule has 226 valence electrons. The summed E-state index contributed by atoms with van der Waals surface area (Å²) in [6.07, 6.45) is 3.44. The molecule has 2 aliphatic heterocycles. The molecule has 0 radical (unpaired) electrons. The number of carboxylic acid groups (broad SMARTS) is 1. The van der Waals surface area contributed by atoms with Gasteiger partial charge >= 0.3 is 12.1 Å². The summed E-state index contributed by atoms with van der Waals surface area (Å²) < 4.78 is 22.5. The Hall–Kier alpha value is -3.63. The molecule has 43 heavy (non-hydrogen) atoms. The third-order valence-electron chi connectivity index (χ3n) is 8.09. The third kappa shape index (κ3) is 5.70. The fraction of sp³-hybridized carbons (Fsp3) is 0.419. The van der Waals surface area contributed by atoms with Crippen LogP contribution in [0.5, 0.6) is 0 Å². The van der Waals surface area contributed by atoms with E-state index in [-0.39, 0.29) is 24.8 Å². The van der Waals surface area contributed by atoms with E-state index in [0.717, 1.165) is 18.4 Å². The van der Waals surface area contributed by atoms with Gasteiger partial charge in [0.2, 0.25) is 0 Å². The fourth-order valence-electron chi connectivity index (χ4n) is 6.00. The Labute approximate surface area is 258 Å². The molecule has 1 N–H and O–H groups in total. The smallest absolute Gasteiger partial charge is 0.410 e. The minimum Gasteiger partial charge on any atom is -0.479 e. The van der Waals surface area contributed by atoms with Crippen LogP contribution in [0.1, 0.15) is 62.5 Å². The molecule has 0 saturated carbocycles. The Morgan fingerprint density at radius 2 is 1.84 bits per heavy atom. The number of likely N-dealkylation sites (tertiary alicyclic amines) is 1. The van der Waals surface area contributed by atoms with Crippen LogP contribution < -0.4 is 0 Å². The van der Waals surface area contributed by atoms with Gasteiger partial charge in [-0.1, -0.05) is 47.5 Å². The molecule has 2 atom stereocenters. The first-order valence-corrected chi connectivity index (χ1v) is 15.0. The van der Waals surface area contributed by atoms with E-state index < -0.39 is 23.8 Å². The molecule has 12 heteroatoms. The lowest BCUT2D eigenvalue weighted by atomic mass is 9.88. The topological polar surface area (TPSA) is 102 Å². The highest BCUT2D eigenvalue weighted by Crippen LogP contribution is 2.40. The van der Waals surface area contributed by atoms with Gasteiger partial charge in [0, 0.05) is 42.4 Å². The molecule has 2 aliphatic rings. The first-order valence-electron chi connectivity index (χ1n) is 14.3. The molecule has 0 bridgehead atoms. The molecule has 4 aromatic rings. The van der Waals surface area contributed by atoms with Crippen molar-refractivity contribution in [3.8, 4) is 11.1 Å². The summed E-state index contributed by atoms with van der Waals surface area (Å²) in [6, 6.07) is 8.59. The Morgan fingerprint density at radius 3 is 2.49 bits per heavy atom. The lowest BCUT2D eigenvalue weighted by Gasteiger charge is -2.33. The highest BCUT2D eigenvalue weighted by molar-refractivity contribution is 6.42. The van der Waals surface area contributed by atoms with Crippen LogP contribution in [0.15, 0.2) is 42.9 Å². The number of carboxylic acids is 1. The second-order valence-corrected chi connectivity index (χ2v) is 13.0. The molecule has 0 spiro atoms. The molecule has 1 amide bonds. The number of alkyl halides is 1. The van der Waals surface area contributed by atoms with Gasteiger partial charge < -0.3 is 19.3 Å². The fourth-order valence-corrected chi connectivity index (χ4v) is 6.55. The molecule has 0 aliphatic carbocycles. The molecule has 6 rings (SSSR count). The minimum absolute atomic E-state index is 0.102. The lowest BCUT2D eigenvalue weighted by molar-refractivity contribution is -0.139. The number of benzene rings is 2. The van der Waals surface area contributed by atoms with Crippen molar-refractivity contribution in [1.82, 2.24) is 24.2 Å². The second-order valence-electron chi connectivity index (χ2n) is 12.2. The predicted molar refractivity (Wildman–Crippen MR) is 162 cm³/mol. The number of ether oxygens (including phenoxy) is 1. The van der Waals surface area contributed by atoms with E-state index in [9.17, 15) is 19.1 Å². The Bertz CT molecular complexity index is 1700. The van der Waals surface area contributed by atoms with Crippen molar-refractivity contribution < 1.29 is 23.8 Å². The molecular formula is C31H32Cl2FN5O4. The average molecular weight is 629 g/mol. The number of carbonyl (C=O) groups is 2. The zero-order valence-corrected chi connectivity index (χ0v) is 25.6. The number of aliphatic carboxylic acids is 1. The first-order chi connectivity index (χ1) is 20.4. The summed E-state index contributed by atoms with van der Waals surface area (Å²) in [6.45, 7) is 7.02. The molecule has 2 unspecified atom stereocenters. The van der Waals surface area contributed by atoms with Crippen LogP contribution in [0, 0.1) is 0 Å². The zero-order chi connectivity index (χ0) is 30.6. The Morgan fingerprint density at radius 1 is 1.14 bits per heavy atom. The van der Waals surface area contributed by atoms with Crippen LogP contribution in [0.3, 0.4) is 0 Å². The molecule has 4 heterocycles. The van der Waals surface area contributed by atoms with Crippen LogP contribution in [0.25, 0.3) is 22.0 Å². The predicted octanol–water partition coefficient (Wildman–Crippen LogP) is 6.89. The quantitative estimate of drug-likeness (QED) is 0.258. The monoisotopic (exact) mass is 627 g/mol. The van der Waals surface area contributed by atoms with Crippen molar-refractivity contribution in [2.45, 2.75) is 70.3 Å². The van der Waals surface area contributed by atoms with Crippen molar-refractivity contribution in [2.24, 2.45) is 0 Å². The largest absolute Gasteiger partial charge is 0.479 e. The zero-order valence-electron chi connectivity index (χ0n) is 24.1. The summed E-state index contributed by atoms with van der Waals surface area (Å²) >= 11 is 13.5. The average Bonchev–Trinajstić information content (AvgIpc) is 3.66. The van der Waals surface area contributed by atoms with E-state index >= 15 is 0 Å². The maximum Gasteiger partial charge on any atom is 0.410 e. The number of nitrogens with zero attached hydrogens (tertiary/aromatic N) is 5. The maximum atomic E-state index is 14.0. The molecule has 9 nitrogen and oxygen atoms in total. The van der Waals surface area contributed by atoms with Gasteiger partial charge in [-0.2, -0.15) is 5.10 Å². The Kier molecular flexibility index (Phi) is 7.62. The highest BCUT2D eigenvalue weighted by atomic mass is 35.5. The van der Waals surface area contributed by atoms with Crippen molar-refractivity contribution in [2.75, 3.05) is 13.1 Å². The van der Waals surface area contributed by atoms with E-state index in [1.54, 1.807) is 21.7 Å². The number of aromatic nitrogens is 4. The minimum atomic E-state index is -1.26. The van der Waals surface area contributed by atoms with Crippen LogP contribution >= 0.6 is 23.2 Å². The van der Waals surface area contributed by atoms with Gasteiger partial charge in [0.25, 0.3) is 0 Å². The number of piperidine rings is 1. The highest BCUT2D eigenvalue weighted by Gasteiger charge is 2.34. The van der Waals surface area contributed by atoms with Crippen molar-refractivity contribution >= 4 is 46.2 Å². The van der Waals surface area contributed by atoms with Crippen LogP contribution in [0.2, 0.25) is 10.0 Å². The van der Waals surface area contributed by atoms with Gasteiger partial charge in [0.05, 0.1) is 28.6 Å². The van der Waals surface area contributed by atoms with Gasteiger partial charge in [0.1, 0.15) is 17.3 Å². The van der Waals surface area contributed by atoms with E-state index in [4.69, 9.17) is 27.9 Å². The maximum absolute atomic E-state index is 14.0. The van der Waals surface area contributed by atoms with Gasteiger partial charge in [-0.3, -0.25) is 4.68 Å². The van der Waals surface area contributed by atoms with Gasteiger partial charge in [0.15, 0.2) is 6.04 Å². The number of hydrogen-bond acceptors (Lipinski definition) is 5. The summed E-state index contributed by atoms with van der Waals surface area (Å²) in [7, 11) is 0. The van der Waals surface area contributed by atoms with Crippen LogP contribution in [0.4, 0.5) is 9.18 Å². The van der Waals surface area contributed by atoms with Gasteiger partial charge in [-0.05, 0) is 56.7 Å². The molecule has 1 fully saturated rings. The number of carbonyl (C=O) groups excluding carboxylic acids is 1. The number of imidazole rings is 1. The molecule has 1 saturated heterocycles. The molecule has 2 aromatic carbocycles. The SMILES string of the molecule is CC(C)(C)OC(=O)N1CCC(c2ccc(-c3cc(Cl)c4cn(C(C(=O)O)c5ncn6c5CC(F)C6)nc4c3Cl)cc2)CC1. The number of fused-ring (bicyclic) bond motifs is 2. The molecular weight excluding hydrogens is 596 g/mol. The van der Waals surface area contributed by atoms with Gasteiger partial charge in [-0.15, -0.1) is 0 Å². The van der Waals surface area contributed by atoms with Crippen LogP contribution in [-0.4, -0.2) is 66.3 Å². The third-order valence-corrected chi connectivity index (χ3v) is 8.79. The summed E-state index contributed by atoms with van der Waals surface area (Å²) in [5, 5.41) is 15.9. The van der Waals surface area contributed by atoms with E-state index in [1.165, 1.54) is 16.6 Å². The second kappa shape index (κ2) is 11.1. The van der Waals surface area contributed by atoms with Crippen LogP contribution in [-0.2, 0) is 22.5 Å². The van der Waals surface area contributed by atoms with Crippen molar-refractivity contribution in [1.29, 1.82) is 0 Å². The summed E-state index contributed by atoms with van der Waals surface area (Å²) in [4.78, 5) is 30.9. The van der Waals surface area contributed by atoms with Crippen molar-refractivity contribution in [3.05, 3.63) is 69.9 Å². The van der Waals surface area contributed by atoms with Gasteiger partial charge in [-0.25, -0.2) is 19.0 Å². The summed E-state index contributed by atoms with van der Waals surface area (Å²) in [5.41, 5.74) is 3.33. The Balaban J connectivity index is 1.24. The number of halogens is 3. The first kappa shape index (κ1) is 29.4. The number of amides is 1. The summed E-state index contributed by atoms with van der Waals surface area (Å²) in [5.74, 6) is -0.855. The lowest BCUT2D eigenvalue weighted by Crippen LogP contribution is -2.41.